The number of carbonyl (C=O) groups is 1. The smallest absolute Gasteiger partial charge is 0.306 e. The standard InChI is InChI=1S/C15H19NO4S/c17-15(18)12-4-6-13(8-12)16-21(19,20)14-7-5-10-2-1-3-11(10)9-14/h5,7,9,12-13,16H,1-4,6,8H2,(H,17,18)/t12-,13+/m1/s1. The number of carboxylic acid groups (broad SMARTS) is 1. The third-order valence-corrected chi connectivity index (χ3v) is 6.00. The van der Waals surface area contributed by atoms with Crippen molar-refractivity contribution >= 4 is 16.0 Å². The van der Waals surface area contributed by atoms with Crippen LogP contribution in [0.25, 0.3) is 0 Å². The molecule has 2 N–H and O–H groups in total. The molecule has 1 aromatic rings. The number of aryl methyl sites for hydroxylation is 2. The van der Waals surface area contributed by atoms with Crippen molar-refractivity contribution in [1.29, 1.82) is 0 Å². The van der Waals surface area contributed by atoms with E-state index in [4.69, 9.17) is 5.11 Å². The highest BCUT2D eigenvalue weighted by molar-refractivity contribution is 7.89. The highest BCUT2D eigenvalue weighted by Gasteiger charge is 2.32. The molecule has 0 spiro atoms. The Bertz CT molecular complexity index is 668. The Labute approximate surface area is 124 Å². The zero-order valence-corrected chi connectivity index (χ0v) is 12.5. The quantitative estimate of drug-likeness (QED) is 0.887. The van der Waals surface area contributed by atoms with Crippen LogP contribution in [0, 0.1) is 5.92 Å². The van der Waals surface area contributed by atoms with Gasteiger partial charge in [0, 0.05) is 6.04 Å². The second kappa shape index (κ2) is 5.42. The molecule has 21 heavy (non-hydrogen) atoms. The number of carboxylic acids is 1. The summed E-state index contributed by atoms with van der Waals surface area (Å²) in [6.07, 6.45) is 4.53. The minimum atomic E-state index is -3.56. The number of sulfonamides is 1. The summed E-state index contributed by atoms with van der Waals surface area (Å²) in [6, 6.07) is 5.03. The number of rotatable bonds is 4. The normalized spacial score (nSPS) is 25.0. The molecule has 2 aliphatic rings. The van der Waals surface area contributed by atoms with Crippen molar-refractivity contribution in [3.63, 3.8) is 0 Å². The van der Waals surface area contributed by atoms with E-state index in [2.05, 4.69) is 4.72 Å². The van der Waals surface area contributed by atoms with Gasteiger partial charge in [0.05, 0.1) is 10.8 Å². The van der Waals surface area contributed by atoms with E-state index in [0.717, 1.165) is 24.8 Å². The maximum Gasteiger partial charge on any atom is 0.306 e. The van der Waals surface area contributed by atoms with Crippen molar-refractivity contribution in [1.82, 2.24) is 4.72 Å². The van der Waals surface area contributed by atoms with E-state index in [0.29, 0.717) is 24.2 Å². The Hall–Kier alpha value is -1.40. The summed E-state index contributed by atoms with van der Waals surface area (Å²) in [5.74, 6) is -1.27. The Morgan fingerprint density at radius 2 is 1.95 bits per heavy atom. The van der Waals surface area contributed by atoms with Crippen molar-refractivity contribution in [3.05, 3.63) is 29.3 Å². The molecule has 0 heterocycles. The Kier molecular flexibility index (Phi) is 3.75. The summed E-state index contributed by atoms with van der Waals surface area (Å²) in [4.78, 5) is 11.2. The predicted molar refractivity (Wildman–Crippen MR) is 77.6 cm³/mol. The van der Waals surface area contributed by atoms with Crippen LogP contribution in [0.3, 0.4) is 0 Å². The van der Waals surface area contributed by atoms with Gasteiger partial charge < -0.3 is 5.11 Å². The SMILES string of the molecule is O=C(O)[C@@H]1CC[C@H](NS(=O)(=O)c2ccc3c(c2)CCC3)C1. The largest absolute Gasteiger partial charge is 0.481 e. The number of fused-ring (bicyclic) bond motifs is 1. The lowest BCUT2D eigenvalue weighted by Crippen LogP contribution is -2.33. The highest BCUT2D eigenvalue weighted by atomic mass is 32.2. The van der Waals surface area contributed by atoms with Gasteiger partial charge in [-0.25, -0.2) is 13.1 Å². The zero-order chi connectivity index (χ0) is 15.0. The molecule has 1 saturated carbocycles. The summed E-state index contributed by atoms with van der Waals surface area (Å²) in [5, 5.41) is 8.97. The van der Waals surface area contributed by atoms with E-state index in [1.807, 2.05) is 6.07 Å². The first-order valence-electron chi connectivity index (χ1n) is 7.32. The van der Waals surface area contributed by atoms with Gasteiger partial charge in [-0.1, -0.05) is 6.07 Å². The third-order valence-electron chi connectivity index (χ3n) is 4.48. The van der Waals surface area contributed by atoms with Gasteiger partial charge >= 0.3 is 5.97 Å². The van der Waals surface area contributed by atoms with Gasteiger partial charge in [0.1, 0.15) is 0 Å². The fourth-order valence-electron chi connectivity index (χ4n) is 3.32. The summed E-state index contributed by atoms with van der Waals surface area (Å²) in [7, 11) is -3.56. The molecule has 1 fully saturated rings. The molecule has 0 unspecified atom stereocenters. The van der Waals surface area contributed by atoms with Crippen molar-refractivity contribution in [2.24, 2.45) is 5.92 Å². The van der Waals surface area contributed by atoms with Crippen LogP contribution in [0.4, 0.5) is 0 Å². The molecule has 2 atom stereocenters. The molecule has 3 rings (SSSR count). The summed E-state index contributed by atoms with van der Waals surface area (Å²) in [5.41, 5.74) is 2.36. The lowest BCUT2D eigenvalue weighted by Gasteiger charge is -2.13. The Balaban J connectivity index is 1.74. The first-order valence-corrected chi connectivity index (χ1v) is 8.81. The molecule has 0 aromatic heterocycles. The first-order chi connectivity index (χ1) is 9.95. The van der Waals surface area contributed by atoms with Crippen LogP contribution < -0.4 is 4.72 Å². The van der Waals surface area contributed by atoms with Gasteiger partial charge in [0.15, 0.2) is 0 Å². The van der Waals surface area contributed by atoms with E-state index < -0.39 is 21.9 Å². The Morgan fingerprint density at radius 3 is 2.67 bits per heavy atom. The second-order valence-corrected chi connectivity index (χ2v) is 7.66. The molecule has 0 radical (unpaired) electrons. The lowest BCUT2D eigenvalue weighted by molar-refractivity contribution is -0.141. The molecule has 2 aliphatic carbocycles. The molecule has 6 heteroatoms. The van der Waals surface area contributed by atoms with Gasteiger partial charge in [-0.05, 0) is 61.8 Å². The molecular formula is C15H19NO4S. The fraction of sp³-hybridized carbons (Fsp3) is 0.533. The molecular weight excluding hydrogens is 290 g/mol. The number of aliphatic carboxylic acids is 1. The first kappa shape index (κ1) is 14.5. The van der Waals surface area contributed by atoms with Crippen molar-refractivity contribution < 1.29 is 18.3 Å². The predicted octanol–water partition coefficient (Wildman–Crippen LogP) is 1.71. The van der Waals surface area contributed by atoms with Crippen LogP contribution in [0.5, 0.6) is 0 Å². The van der Waals surface area contributed by atoms with Crippen molar-refractivity contribution in [3.8, 4) is 0 Å². The van der Waals surface area contributed by atoms with Crippen molar-refractivity contribution in [2.45, 2.75) is 49.5 Å². The van der Waals surface area contributed by atoms with E-state index in [9.17, 15) is 13.2 Å². The lowest BCUT2D eigenvalue weighted by atomic mass is 10.1. The number of benzene rings is 1. The van der Waals surface area contributed by atoms with Gasteiger partial charge in [-0.2, -0.15) is 0 Å². The third kappa shape index (κ3) is 2.96. The van der Waals surface area contributed by atoms with E-state index >= 15 is 0 Å². The molecule has 5 nitrogen and oxygen atoms in total. The Morgan fingerprint density at radius 1 is 1.19 bits per heavy atom. The van der Waals surface area contributed by atoms with Gasteiger partial charge in [0.2, 0.25) is 10.0 Å². The van der Waals surface area contributed by atoms with Crippen LogP contribution in [0.2, 0.25) is 0 Å². The van der Waals surface area contributed by atoms with E-state index in [1.54, 1.807) is 12.1 Å². The van der Waals surface area contributed by atoms with Gasteiger partial charge in [0.25, 0.3) is 0 Å². The molecule has 0 aliphatic heterocycles. The number of hydrogen-bond donors (Lipinski definition) is 2. The summed E-state index contributed by atoms with van der Waals surface area (Å²) >= 11 is 0. The van der Waals surface area contributed by atoms with Gasteiger partial charge in [-0.3, -0.25) is 4.79 Å². The molecule has 0 bridgehead atoms. The van der Waals surface area contributed by atoms with Crippen LogP contribution >= 0.6 is 0 Å². The van der Waals surface area contributed by atoms with Crippen molar-refractivity contribution in [2.75, 3.05) is 0 Å². The number of hydrogen-bond acceptors (Lipinski definition) is 3. The monoisotopic (exact) mass is 309 g/mol. The van der Waals surface area contributed by atoms with Crippen LogP contribution in [0.15, 0.2) is 23.1 Å². The van der Waals surface area contributed by atoms with E-state index in [1.165, 1.54) is 5.56 Å². The number of nitrogens with one attached hydrogen (secondary N) is 1. The summed E-state index contributed by atoms with van der Waals surface area (Å²) < 4.78 is 27.5. The van der Waals surface area contributed by atoms with Gasteiger partial charge in [-0.15, -0.1) is 0 Å². The highest BCUT2D eigenvalue weighted by Crippen LogP contribution is 2.28. The van der Waals surface area contributed by atoms with Crippen LogP contribution in [0.1, 0.15) is 36.8 Å². The van der Waals surface area contributed by atoms with Crippen LogP contribution in [-0.4, -0.2) is 25.5 Å². The molecule has 1 aromatic carbocycles. The minimum Gasteiger partial charge on any atom is -0.481 e. The minimum absolute atomic E-state index is 0.274. The zero-order valence-electron chi connectivity index (χ0n) is 11.7. The molecule has 0 saturated heterocycles. The molecule has 114 valence electrons. The maximum atomic E-state index is 12.4. The van der Waals surface area contributed by atoms with E-state index in [-0.39, 0.29) is 6.04 Å². The topological polar surface area (TPSA) is 83.5 Å². The summed E-state index contributed by atoms with van der Waals surface area (Å²) in [6.45, 7) is 0. The average molecular weight is 309 g/mol. The van der Waals surface area contributed by atoms with Crippen LogP contribution in [-0.2, 0) is 27.7 Å². The molecule has 0 amide bonds. The second-order valence-electron chi connectivity index (χ2n) is 5.95. The average Bonchev–Trinajstić information content (AvgIpc) is 3.05. The maximum absolute atomic E-state index is 12.4. The fourth-order valence-corrected chi connectivity index (χ4v) is 4.65.